The van der Waals surface area contributed by atoms with E-state index in [1.54, 1.807) is 23.1 Å². The minimum atomic E-state index is -0.405. The quantitative estimate of drug-likeness (QED) is 0.346. The molecule has 9 heteroatoms. The van der Waals surface area contributed by atoms with Gasteiger partial charge in [-0.05, 0) is 18.2 Å². The van der Waals surface area contributed by atoms with E-state index in [1.807, 2.05) is 29.8 Å². The topological polar surface area (TPSA) is 52.8 Å². The van der Waals surface area contributed by atoms with Gasteiger partial charge in [-0.15, -0.1) is 21.5 Å². The number of ether oxygens (including phenoxy) is 1. The SMILES string of the molecule is Cn1c(COc2ccc(F)cc2Cl)nnc1SCc1csc(-c2ccccc2)n1. The maximum atomic E-state index is 13.1. The predicted octanol–water partition coefficient (Wildman–Crippen LogP) is 5.60. The molecule has 4 aromatic rings. The van der Waals surface area contributed by atoms with E-state index in [0.717, 1.165) is 21.4 Å². The summed E-state index contributed by atoms with van der Waals surface area (Å²) >= 11 is 9.17. The Morgan fingerprint density at radius 1 is 1.17 bits per heavy atom. The molecule has 0 radical (unpaired) electrons. The van der Waals surface area contributed by atoms with Gasteiger partial charge < -0.3 is 9.30 Å². The fourth-order valence-corrected chi connectivity index (χ4v) is 4.53. The minimum absolute atomic E-state index is 0.185. The third-order valence-electron chi connectivity index (χ3n) is 4.10. The van der Waals surface area contributed by atoms with Gasteiger partial charge in [-0.25, -0.2) is 9.37 Å². The number of hydrogen-bond donors (Lipinski definition) is 0. The lowest BCUT2D eigenvalue weighted by molar-refractivity contribution is 0.290. The molecule has 0 spiro atoms. The highest BCUT2D eigenvalue weighted by Gasteiger charge is 2.13. The van der Waals surface area contributed by atoms with Crippen LogP contribution in [0.3, 0.4) is 0 Å². The van der Waals surface area contributed by atoms with Crippen LogP contribution in [0.2, 0.25) is 5.02 Å². The van der Waals surface area contributed by atoms with E-state index in [-0.39, 0.29) is 11.6 Å². The molecular formula is C20H16ClFN4OS2. The number of benzene rings is 2. The fraction of sp³-hybridized carbons (Fsp3) is 0.150. The Kier molecular flexibility index (Phi) is 6.13. The van der Waals surface area contributed by atoms with Crippen molar-refractivity contribution in [3.8, 4) is 16.3 Å². The van der Waals surface area contributed by atoms with Crippen LogP contribution in [0.25, 0.3) is 10.6 Å². The molecule has 0 atom stereocenters. The van der Waals surface area contributed by atoms with Gasteiger partial charge in [-0.2, -0.15) is 0 Å². The van der Waals surface area contributed by atoms with Crippen molar-refractivity contribution < 1.29 is 9.13 Å². The van der Waals surface area contributed by atoms with E-state index < -0.39 is 5.82 Å². The fourth-order valence-electron chi connectivity index (χ4n) is 2.56. The van der Waals surface area contributed by atoms with Crippen molar-refractivity contribution in [3.05, 3.63) is 76.3 Å². The molecule has 2 aromatic carbocycles. The van der Waals surface area contributed by atoms with Crippen LogP contribution in [-0.4, -0.2) is 19.7 Å². The van der Waals surface area contributed by atoms with Gasteiger partial charge in [0.1, 0.15) is 23.2 Å². The average molecular weight is 447 g/mol. The zero-order valence-corrected chi connectivity index (χ0v) is 17.8. The molecule has 2 aromatic heterocycles. The van der Waals surface area contributed by atoms with E-state index in [2.05, 4.69) is 27.7 Å². The number of halogens is 2. The summed E-state index contributed by atoms with van der Waals surface area (Å²) in [6, 6.07) is 14.1. The highest BCUT2D eigenvalue weighted by atomic mass is 35.5. The molecule has 4 rings (SSSR count). The number of thiazole rings is 1. The van der Waals surface area contributed by atoms with Crippen LogP contribution in [0.1, 0.15) is 11.5 Å². The average Bonchev–Trinajstić information content (AvgIpc) is 3.33. The van der Waals surface area contributed by atoms with Gasteiger partial charge in [0.05, 0.1) is 10.7 Å². The van der Waals surface area contributed by atoms with Crippen LogP contribution in [0.5, 0.6) is 5.75 Å². The van der Waals surface area contributed by atoms with Crippen molar-refractivity contribution in [2.24, 2.45) is 7.05 Å². The Hall–Kier alpha value is -2.42. The van der Waals surface area contributed by atoms with Gasteiger partial charge in [0, 0.05) is 23.7 Å². The highest BCUT2D eigenvalue weighted by Crippen LogP contribution is 2.28. The number of aromatic nitrogens is 4. The lowest BCUT2D eigenvalue weighted by Gasteiger charge is -2.08. The highest BCUT2D eigenvalue weighted by molar-refractivity contribution is 7.98. The maximum absolute atomic E-state index is 13.1. The summed E-state index contributed by atoms with van der Waals surface area (Å²) in [7, 11) is 1.88. The van der Waals surface area contributed by atoms with Crippen LogP contribution in [0, 0.1) is 5.82 Å². The standard InChI is InChI=1S/C20H16ClFN4OS2/c1-26-18(10-27-17-8-7-14(22)9-16(17)21)24-25-20(26)29-12-15-11-28-19(23-15)13-5-3-2-4-6-13/h2-9,11H,10,12H2,1H3. The normalized spacial score (nSPS) is 11.0. The van der Waals surface area contributed by atoms with Gasteiger partial charge in [-0.3, -0.25) is 0 Å². The molecule has 0 aliphatic heterocycles. The minimum Gasteiger partial charge on any atom is -0.484 e. The van der Waals surface area contributed by atoms with E-state index in [1.165, 1.54) is 18.2 Å². The molecule has 2 heterocycles. The molecule has 0 fully saturated rings. The first-order valence-electron chi connectivity index (χ1n) is 8.69. The second-order valence-corrected chi connectivity index (χ2v) is 8.33. The summed E-state index contributed by atoms with van der Waals surface area (Å²) < 4.78 is 20.6. The van der Waals surface area contributed by atoms with E-state index in [0.29, 0.717) is 17.3 Å². The van der Waals surface area contributed by atoms with Gasteiger partial charge in [0.15, 0.2) is 11.0 Å². The van der Waals surface area contributed by atoms with Gasteiger partial charge in [0.2, 0.25) is 0 Å². The van der Waals surface area contributed by atoms with Crippen molar-refractivity contribution in [2.45, 2.75) is 17.5 Å². The number of rotatable bonds is 7. The molecule has 5 nitrogen and oxygen atoms in total. The number of hydrogen-bond acceptors (Lipinski definition) is 6. The Morgan fingerprint density at radius 3 is 2.79 bits per heavy atom. The van der Waals surface area contributed by atoms with E-state index >= 15 is 0 Å². The van der Waals surface area contributed by atoms with Crippen molar-refractivity contribution in [3.63, 3.8) is 0 Å². The lowest BCUT2D eigenvalue weighted by atomic mass is 10.2. The van der Waals surface area contributed by atoms with Gasteiger partial charge in [0.25, 0.3) is 0 Å². The van der Waals surface area contributed by atoms with E-state index in [9.17, 15) is 4.39 Å². The zero-order chi connectivity index (χ0) is 20.2. The summed E-state index contributed by atoms with van der Waals surface area (Å²) in [4.78, 5) is 4.70. The Labute approximate surface area is 180 Å². The largest absolute Gasteiger partial charge is 0.484 e. The first kappa shape index (κ1) is 19.9. The molecule has 0 saturated carbocycles. The molecule has 0 saturated heterocycles. The van der Waals surface area contributed by atoms with Crippen LogP contribution >= 0.6 is 34.7 Å². The summed E-state index contributed by atoms with van der Waals surface area (Å²) in [5, 5.41) is 12.5. The third-order valence-corrected chi connectivity index (χ3v) is 6.39. The molecule has 0 aliphatic rings. The molecule has 148 valence electrons. The van der Waals surface area contributed by atoms with Crippen molar-refractivity contribution in [1.82, 2.24) is 19.7 Å². The van der Waals surface area contributed by atoms with E-state index in [4.69, 9.17) is 21.3 Å². The van der Waals surface area contributed by atoms with Crippen molar-refractivity contribution in [2.75, 3.05) is 0 Å². The number of nitrogens with zero attached hydrogens (tertiary/aromatic N) is 4. The Morgan fingerprint density at radius 2 is 2.00 bits per heavy atom. The molecular weight excluding hydrogens is 431 g/mol. The maximum Gasteiger partial charge on any atom is 0.191 e. The lowest BCUT2D eigenvalue weighted by Crippen LogP contribution is -2.04. The second kappa shape index (κ2) is 8.94. The predicted molar refractivity (Wildman–Crippen MR) is 114 cm³/mol. The molecule has 0 bridgehead atoms. The summed E-state index contributed by atoms with van der Waals surface area (Å²) in [5.41, 5.74) is 2.11. The molecule has 0 aliphatic carbocycles. The third kappa shape index (κ3) is 4.77. The first-order chi connectivity index (χ1) is 14.1. The monoisotopic (exact) mass is 446 g/mol. The van der Waals surface area contributed by atoms with Crippen LogP contribution < -0.4 is 4.74 Å². The van der Waals surface area contributed by atoms with Crippen LogP contribution in [0.15, 0.2) is 59.1 Å². The van der Waals surface area contributed by atoms with Gasteiger partial charge >= 0.3 is 0 Å². The number of thioether (sulfide) groups is 1. The second-order valence-electron chi connectivity index (χ2n) is 6.12. The molecule has 0 N–H and O–H groups in total. The van der Waals surface area contributed by atoms with Crippen LogP contribution in [-0.2, 0) is 19.4 Å². The summed E-state index contributed by atoms with van der Waals surface area (Å²) in [6.45, 7) is 0.185. The Balaban J connectivity index is 1.37. The van der Waals surface area contributed by atoms with Crippen molar-refractivity contribution >= 4 is 34.7 Å². The first-order valence-corrected chi connectivity index (χ1v) is 10.9. The zero-order valence-electron chi connectivity index (χ0n) is 15.4. The van der Waals surface area contributed by atoms with Gasteiger partial charge in [-0.1, -0.05) is 53.7 Å². The van der Waals surface area contributed by atoms with Crippen molar-refractivity contribution in [1.29, 1.82) is 0 Å². The Bertz CT molecular complexity index is 1120. The summed E-state index contributed by atoms with van der Waals surface area (Å²) in [6.07, 6.45) is 0. The molecule has 0 unspecified atom stereocenters. The smallest absolute Gasteiger partial charge is 0.191 e. The molecule has 29 heavy (non-hydrogen) atoms. The van der Waals surface area contributed by atoms with Crippen LogP contribution in [0.4, 0.5) is 4.39 Å². The molecule has 0 amide bonds. The summed E-state index contributed by atoms with van der Waals surface area (Å²) in [5.74, 6) is 1.34.